The molecule has 3 rings (SSSR count). The number of carbonyl (C=O) groups excluding carboxylic acids is 1. The zero-order valence-corrected chi connectivity index (χ0v) is 12.4. The Labute approximate surface area is 133 Å². The molecule has 6 heteroatoms. The van der Waals surface area contributed by atoms with Crippen LogP contribution in [-0.4, -0.2) is 32.4 Å². The molecule has 116 valence electrons. The predicted molar refractivity (Wildman–Crippen MR) is 86.5 cm³/mol. The summed E-state index contributed by atoms with van der Waals surface area (Å²) in [5.41, 5.74) is 3.05. The summed E-state index contributed by atoms with van der Waals surface area (Å²) in [6.45, 7) is 0.112. The summed E-state index contributed by atoms with van der Waals surface area (Å²) in [6, 6.07) is 14.6. The van der Waals surface area contributed by atoms with E-state index in [0.29, 0.717) is 17.7 Å². The smallest absolute Gasteiger partial charge is 0.255 e. The molecule has 0 fully saturated rings. The SMILES string of the molecule is O=C(Nc1ccc(CCO)cc1)c1cccc(-n2cncn2)c1. The molecule has 0 aliphatic carbocycles. The Balaban J connectivity index is 1.74. The molecule has 2 aromatic carbocycles. The van der Waals surface area contributed by atoms with Crippen LogP contribution in [0.4, 0.5) is 5.69 Å². The summed E-state index contributed by atoms with van der Waals surface area (Å²) in [4.78, 5) is 16.2. The average Bonchev–Trinajstić information content (AvgIpc) is 3.12. The Morgan fingerprint density at radius 2 is 2.00 bits per heavy atom. The third kappa shape index (κ3) is 3.61. The van der Waals surface area contributed by atoms with E-state index in [2.05, 4.69) is 15.4 Å². The van der Waals surface area contributed by atoms with Gasteiger partial charge in [-0.3, -0.25) is 4.79 Å². The fourth-order valence-electron chi connectivity index (χ4n) is 2.22. The topological polar surface area (TPSA) is 80.0 Å². The Morgan fingerprint density at radius 1 is 1.17 bits per heavy atom. The van der Waals surface area contributed by atoms with E-state index >= 15 is 0 Å². The van der Waals surface area contributed by atoms with Gasteiger partial charge in [0.05, 0.1) is 5.69 Å². The van der Waals surface area contributed by atoms with E-state index in [1.54, 1.807) is 29.2 Å². The molecule has 0 aliphatic heterocycles. The summed E-state index contributed by atoms with van der Waals surface area (Å²) < 4.78 is 1.60. The van der Waals surface area contributed by atoms with Crippen LogP contribution in [0, 0.1) is 0 Å². The monoisotopic (exact) mass is 308 g/mol. The van der Waals surface area contributed by atoms with E-state index in [1.165, 1.54) is 6.33 Å². The Hall–Kier alpha value is -2.99. The number of amides is 1. The van der Waals surface area contributed by atoms with Crippen molar-refractivity contribution in [3.8, 4) is 5.69 Å². The van der Waals surface area contributed by atoms with Gasteiger partial charge in [0.15, 0.2) is 0 Å². The first kappa shape index (κ1) is 14.9. The number of rotatable bonds is 5. The van der Waals surface area contributed by atoms with Gasteiger partial charge in [-0.1, -0.05) is 18.2 Å². The molecule has 0 spiro atoms. The first-order valence-electron chi connectivity index (χ1n) is 7.22. The van der Waals surface area contributed by atoms with Gasteiger partial charge in [0.25, 0.3) is 5.91 Å². The second kappa shape index (κ2) is 6.85. The first-order valence-corrected chi connectivity index (χ1v) is 7.22. The van der Waals surface area contributed by atoms with Crippen molar-refractivity contribution in [2.45, 2.75) is 6.42 Å². The summed E-state index contributed by atoms with van der Waals surface area (Å²) in [7, 11) is 0. The molecule has 23 heavy (non-hydrogen) atoms. The zero-order valence-electron chi connectivity index (χ0n) is 12.4. The van der Waals surface area contributed by atoms with Crippen LogP contribution in [0.5, 0.6) is 0 Å². The second-order valence-electron chi connectivity index (χ2n) is 5.02. The molecule has 0 atom stereocenters. The van der Waals surface area contributed by atoms with E-state index in [4.69, 9.17) is 5.11 Å². The van der Waals surface area contributed by atoms with Crippen LogP contribution in [0.2, 0.25) is 0 Å². The highest BCUT2D eigenvalue weighted by Crippen LogP contribution is 2.14. The largest absolute Gasteiger partial charge is 0.396 e. The van der Waals surface area contributed by atoms with E-state index in [9.17, 15) is 4.79 Å². The summed E-state index contributed by atoms with van der Waals surface area (Å²) in [5.74, 6) is -0.193. The van der Waals surface area contributed by atoms with Gasteiger partial charge in [-0.2, -0.15) is 5.10 Å². The third-order valence-electron chi connectivity index (χ3n) is 3.40. The van der Waals surface area contributed by atoms with Crippen molar-refractivity contribution in [3.63, 3.8) is 0 Å². The summed E-state index contributed by atoms with van der Waals surface area (Å²) >= 11 is 0. The molecule has 1 amide bonds. The van der Waals surface area contributed by atoms with Gasteiger partial charge in [-0.15, -0.1) is 0 Å². The number of nitrogens with one attached hydrogen (secondary N) is 1. The second-order valence-corrected chi connectivity index (χ2v) is 5.02. The predicted octanol–water partition coefficient (Wildman–Crippen LogP) is 2.05. The maximum atomic E-state index is 12.4. The van der Waals surface area contributed by atoms with E-state index in [-0.39, 0.29) is 12.5 Å². The fraction of sp³-hybridized carbons (Fsp3) is 0.118. The highest BCUT2D eigenvalue weighted by molar-refractivity contribution is 6.04. The van der Waals surface area contributed by atoms with Crippen LogP contribution in [0.1, 0.15) is 15.9 Å². The van der Waals surface area contributed by atoms with Crippen molar-refractivity contribution in [1.29, 1.82) is 0 Å². The normalized spacial score (nSPS) is 10.5. The number of benzene rings is 2. The van der Waals surface area contributed by atoms with Crippen molar-refractivity contribution in [1.82, 2.24) is 14.8 Å². The standard InChI is InChI=1S/C17H16N4O2/c22-9-8-13-4-6-15(7-5-13)20-17(23)14-2-1-3-16(10-14)21-12-18-11-19-21/h1-7,10-12,22H,8-9H2,(H,20,23). The summed E-state index contributed by atoms with van der Waals surface area (Å²) in [5, 5.41) is 15.8. The van der Waals surface area contributed by atoms with Crippen LogP contribution in [0.25, 0.3) is 5.69 Å². The van der Waals surface area contributed by atoms with Crippen LogP contribution in [0.3, 0.4) is 0 Å². The minimum absolute atomic E-state index is 0.112. The molecule has 0 saturated carbocycles. The minimum Gasteiger partial charge on any atom is -0.396 e. The van der Waals surface area contributed by atoms with Gasteiger partial charge in [-0.25, -0.2) is 9.67 Å². The van der Waals surface area contributed by atoms with Crippen molar-refractivity contribution in [2.24, 2.45) is 0 Å². The number of aliphatic hydroxyl groups is 1. The molecule has 0 radical (unpaired) electrons. The molecule has 0 aliphatic rings. The molecule has 1 heterocycles. The van der Waals surface area contributed by atoms with Gasteiger partial charge in [0, 0.05) is 17.9 Å². The van der Waals surface area contributed by atoms with Crippen LogP contribution >= 0.6 is 0 Å². The number of anilines is 1. The molecule has 0 unspecified atom stereocenters. The minimum atomic E-state index is -0.193. The van der Waals surface area contributed by atoms with Crippen LogP contribution < -0.4 is 5.32 Å². The fourth-order valence-corrected chi connectivity index (χ4v) is 2.22. The van der Waals surface area contributed by atoms with Crippen LogP contribution in [0.15, 0.2) is 61.2 Å². The molecule has 6 nitrogen and oxygen atoms in total. The number of carbonyl (C=O) groups is 1. The Bertz CT molecular complexity index is 783. The number of hydrogen-bond donors (Lipinski definition) is 2. The van der Waals surface area contributed by atoms with Crippen LogP contribution in [-0.2, 0) is 6.42 Å². The quantitative estimate of drug-likeness (QED) is 0.756. The molecule has 3 aromatic rings. The molecule has 0 saturated heterocycles. The number of hydrogen-bond acceptors (Lipinski definition) is 4. The average molecular weight is 308 g/mol. The maximum Gasteiger partial charge on any atom is 0.255 e. The zero-order chi connectivity index (χ0) is 16.1. The molecule has 0 bridgehead atoms. The Kier molecular flexibility index (Phi) is 4.44. The van der Waals surface area contributed by atoms with Crippen molar-refractivity contribution >= 4 is 11.6 Å². The lowest BCUT2D eigenvalue weighted by atomic mass is 10.1. The van der Waals surface area contributed by atoms with E-state index < -0.39 is 0 Å². The lowest BCUT2D eigenvalue weighted by molar-refractivity contribution is 0.102. The van der Waals surface area contributed by atoms with Gasteiger partial charge in [0.1, 0.15) is 12.7 Å². The summed E-state index contributed by atoms with van der Waals surface area (Å²) in [6.07, 6.45) is 3.63. The first-order chi connectivity index (χ1) is 11.3. The van der Waals surface area contributed by atoms with Gasteiger partial charge >= 0.3 is 0 Å². The lowest BCUT2D eigenvalue weighted by Gasteiger charge is -2.08. The maximum absolute atomic E-state index is 12.4. The number of nitrogens with zero attached hydrogens (tertiary/aromatic N) is 3. The van der Waals surface area contributed by atoms with Gasteiger partial charge < -0.3 is 10.4 Å². The van der Waals surface area contributed by atoms with Crippen molar-refractivity contribution in [3.05, 3.63) is 72.3 Å². The van der Waals surface area contributed by atoms with E-state index in [1.807, 2.05) is 30.3 Å². The molecular formula is C17H16N4O2. The van der Waals surface area contributed by atoms with Crippen molar-refractivity contribution < 1.29 is 9.90 Å². The number of aromatic nitrogens is 3. The highest BCUT2D eigenvalue weighted by atomic mass is 16.3. The van der Waals surface area contributed by atoms with Crippen molar-refractivity contribution in [2.75, 3.05) is 11.9 Å². The molecule has 2 N–H and O–H groups in total. The third-order valence-corrected chi connectivity index (χ3v) is 3.40. The molecular weight excluding hydrogens is 292 g/mol. The highest BCUT2D eigenvalue weighted by Gasteiger charge is 2.08. The molecule has 1 aromatic heterocycles. The lowest BCUT2D eigenvalue weighted by Crippen LogP contribution is -2.12. The van der Waals surface area contributed by atoms with Gasteiger partial charge in [-0.05, 0) is 42.3 Å². The number of aliphatic hydroxyl groups excluding tert-OH is 1. The van der Waals surface area contributed by atoms with E-state index in [0.717, 1.165) is 11.3 Å². The van der Waals surface area contributed by atoms with Gasteiger partial charge in [0.2, 0.25) is 0 Å². The Morgan fingerprint density at radius 3 is 2.70 bits per heavy atom.